The molecule has 0 unspecified atom stereocenters. The van der Waals surface area contributed by atoms with Gasteiger partial charge in [0.05, 0.1) is 13.7 Å². The van der Waals surface area contributed by atoms with Crippen LogP contribution in [-0.2, 0) is 11.3 Å². The zero-order valence-electron chi connectivity index (χ0n) is 14.3. The molecule has 0 radical (unpaired) electrons. The molecular weight excluding hydrogens is 340 g/mol. The maximum atomic E-state index is 11.9. The van der Waals surface area contributed by atoms with E-state index in [0.717, 1.165) is 17.5 Å². The van der Waals surface area contributed by atoms with Crippen LogP contribution >= 0.6 is 11.6 Å². The number of amides is 1. The fraction of sp³-hybridized carbons (Fsp3) is 0.263. The second-order valence-corrected chi connectivity index (χ2v) is 5.69. The number of nitrogens with zero attached hydrogens (tertiary/aromatic N) is 1. The van der Waals surface area contributed by atoms with E-state index in [1.807, 2.05) is 31.2 Å². The minimum absolute atomic E-state index is 0.194. The van der Waals surface area contributed by atoms with E-state index in [0.29, 0.717) is 29.8 Å². The first kappa shape index (κ1) is 18.8. The van der Waals surface area contributed by atoms with Gasteiger partial charge in [-0.15, -0.1) is 0 Å². The number of methoxy groups -OCH3 is 1. The van der Waals surface area contributed by atoms with Gasteiger partial charge < -0.3 is 14.8 Å². The molecule has 0 aliphatic carbocycles. The Kier molecular flexibility index (Phi) is 7.29. The summed E-state index contributed by atoms with van der Waals surface area (Å²) >= 11 is 5.73. The molecule has 0 aliphatic heterocycles. The number of nitrogens with one attached hydrogen (secondary N) is 1. The highest BCUT2D eigenvalue weighted by atomic mass is 35.5. The first-order valence-corrected chi connectivity index (χ1v) is 8.37. The summed E-state index contributed by atoms with van der Waals surface area (Å²) in [4.78, 5) is 15.9. The van der Waals surface area contributed by atoms with Crippen molar-refractivity contribution in [2.75, 3.05) is 13.7 Å². The van der Waals surface area contributed by atoms with Gasteiger partial charge in [-0.2, -0.15) is 0 Å². The molecule has 132 valence electrons. The average molecular weight is 361 g/mol. The standard InChI is InChI=1S/C19H21ClN2O3/c1-3-10-25-16-7-4-14(11-17(16)24-2)6-9-19(23)22-13-15-5-8-18(20)21-12-15/h4-9,11-12H,3,10,13H2,1-2H3,(H,22,23). The number of carbonyl (C=O) groups excluding carboxylic acids is 1. The molecule has 1 N–H and O–H groups in total. The van der Waals surface area contributed by atoms with Gasteiger partial charge >= 0.3 is 0 Å². The molecule has 0 saturated carbocycles. The molecule has 0 spiro atoms. The maximum absolute atomic E-state index is 11.9. The fourth-order valence-electron chi connectivity index (χ4n) is 2.05. The van der Waals surface area contributed by atoms with Crippen molar-refractivity contribution in [2.45, 2.75) is 19.9 Å². The van der Waals surface area contributed by atoms with E-state index >= 15 is 0 Å². The lowest BCUT2D eigenvalue weighted by molar-refractivity contribution is -0.116. The summed E-state index contributed by atoms with van der Waals surface area (Å²) in [5.41, 5.74) is 1.73. The summed E-state index contributed by atoms with van der Waals surface area (Å²) in [6, 6.07) is 9.05. The smallest absolute Gasteiger partial charge is 0.244 e. The quantitative estimate of drug-likeness (QED) is 0.573. The number of ether oxygens (including phenoxy) is 2. The van der Waals surface area contributed by atoms with Crippen LogP contribution in [0.25, 0.3) is 6.08 Å². The molecule has 6 heteroatoms. The van der Waals surface area contributed by atoms with Crippen LogP contribution in [0.5, 0.6) is 11.5 Å². The molecule has 1 amide bonds. The van der Waals surface area contributed by atoms with Crippen molar-refractivity contribution in [2.24, 2.45) is 0 Å². The summed E-state index contributed by atoms with van der Waals surface area (Å²) in [6.07, 6.45) is 5.76. The predicted octanol–water partition coefficient (Wildman–Crippen LogP) is 3.86. The summed E-state index contributed by atoms with van der Waals surface area (Å²) in [5, 5.41) is 3.22. The molecule has 2 rings (SSSR count). The van der Waals surface area contributed by atoms with Crippen molar-refractivity contribution in [3.05, 3.63) is 58.9 Å². The Bertz CT molecular complexity index is 730. The molecule has 2 aromatic rings. The highest BCUT2D eigenvalue weighted by Gasteiger charge is 2.05. The minimum Gasteiger partial charge on any atom is -0.493 e. The number of benzene rings is 1. The van der Waals surface area contributed by atoms with Crippen molar-refractivity contribution in [3.8, 4) is 11.5 Å². The number of pyridine rings is 1. The van der Waals surface area contributed by atoms with E-state index in [-0.39, 0.29) is 5.91 Å². The van der Waals surface area contributed by atoms with E-state index in [2.05, 4.69) is 10.3 Å². The van der Waals surface area contributed by atoms with Gasteiger partial charge in [0.15, 0.2) is 11.5 Å². The Morgan fingerprint density at radius 1 is 1.28 bits per heavy atom. The third-order valence-electron chi connectivity index (χ3n) is 3.33. The highest BCUT2D eigenvalue weighted by molar-refractivity contribution is 6.29. The van der Waals surface area contributed by atoms with Crippen molar-refractivity contribution < 1.29 is 14.3 Å². The lowest BCUT2D eigenvalue weighted by Gasteiger charge is -2.10. The van der Waals surface area contributed by atoms with Crippen LogP contribution < -0.4 is 14.8 Å². The van der Waals surface area contributed by atoms with Gasteiger partial charge in [0, 0.05) is 18.8 Å². The predicted molar refractivity (Wildman–Crippen MR) is 98.9 cm³/mol. The summed E-state index contributed by atoms with van der Waals surface area (Å²) in [7, 11) is 1.59. The minimum atomic E-state index is -0.194. The van der Waals surface area contributed by atoms with Crippen molar-refractivity contribution in [1.82, 2.24) is 10.3 Å². The lowest BCUT2D eigenvalue weighted by atomic mass is 10.2. The third kappa shape index (κ3) is 6.12. The molecule has 5 nitrogen and oxygen atoms in total. The monoisotopic (exact) mass is 360 g/mol. The summed E-state index contributed by atoms with van der Waals surface area (Å²) in [5.74, 6) is 1.14. The molecule has 1 aromatic heterocycles. The van der Waals surface area contributed by atoms with Crippen LogP contribution in [0.2, 0.25) is 5.15 Å². The maximum Gasteiger partial charge on any atom is 0.244 e. The summed E-state index contributed by atoms with van der Waals surface area (Å²) in [6.45, 7) is 3.07. The molecule has 0 bridgehead atoms. The number of hydrogen-bond donors (Lipinski definition) is 1. The Labute approximate surface area is 152 Å². The van der Waals surface area contributed by atoms with Crippen LogP contribution in [0.3, 0.4) is 0 Å². The first-order valence-electron chi connectivity index (χ1n) is 7.99. The Hall–Kier alpha value is -2.53. The normalized spacial score (nSPS) is 10.7. The van der Waals surface area contributed by atoms with Crippen LogP contribution in [0.4, 0.5) is 0 Å². The Morgan fingerprint density at radius 2 is 2.12 bits per heavy atom. The van der Waals surface area contributed by atoms with E-state index in [1.54, 1.807) is 25.4 Å². The lowest BCUT2D eigenvalue weighted by Crippen LogP contribution is -2.20. The van der Waals surface area contributed by atoms with Crippen LogP contribution in [-0.4, -0.2) is 24.6 Å². The average Bonchev–Trinajstić information content (AvgIpc) is 2.64. The van der Waals surface area contributed by atoms with Gasteiger partial charge in [-0.1, -0.05) is 30.7 Å². The van der Waals surface area contributed by atoms with E-state index < -0.39 is 0 Å². The van der Waals surface area contributed by atoms with Gasteiger partial charge in [0.2, 0.25) is 5.91 Å². The van der Waals surface area contributed by atoms with Gasteiger partial charge in [-0.3, -0.25) is 4.79 Å². The summed E-state index contributed by atoms with van der Waals surface area (Å²) < 4.78 is 10.9. The number of carbonyl (C=O) groups is 1. The topological polar surface area (TPSA) is 60.5 Å². The van der Waals surface area contributed by atoms with Crippen molar-refractivity contribution >= 4 is 23.6 Å². The van der Waals surface area contributed by atoms with Crippen LogP contribution in [0.15, 0.2) is 42.6 Å². The van der Waals surface area contributed by atoms with Gasteiger partial charge in [0.25, 0.3) is 0 Å². The molecule has 0 fully saturated rings. The molecule has 0 saturated heterocycles. The molecule has 1 heterocycles. The van der Waals surface area contributed by atoms with Gasteiger partial charge in [0.1, 0.15) is 5.15 Å². The first-order chi connectivity index (χ1) is 12.1. The second kappa shape index (κ2) is 9.69. The van der Waals surface area contributed by atoms with Crippen LogP contribution in [0, 0.1) is 0 Å². The van der Waals surface area contributed by atoms with E-state index in [9.17, 15) is 4.79 Å². The van der Waals surface area contributed by atoms with Crippen LogP contribution in [0.1, 0.15) is 24.5 Å². The molecule has 0 atom stereocenters. The Morgan fingerprint density at radius 3 is 2.80 bits per heavy atom. The van der Waals surface area contributed by atoms with E-state index in [1.165, 1.54) is 6.08 Å². The van der Waals surface area contributed by atoms with Gasteiger partial charge in [-0.05, 0) is 41.8 Å². The number of hydrogen-bond acceptors (Lipinski definition) is 4. The highest BCUT2D eigenvalue weighted by Crippen LogP contribution is 2.28. The van der Waals surface area contributed by atoms with E-state index in [4.69, 9.17) is 21.1 Å². The molecular formula is C19H21ClN2O3. The number of aromatic nitrogens is 1. The second-order valence-electron chi connectivity index (χ2n) is 5.30. The zero-order chi connectivity index (χ0) is 18.1. The molecule has 1 aromatic carbocycles. The molecule has 0 aliphatic rings. The SMILES string of the molecule is CCCOc1ccc(C=CC(=O)NCc2ccc(Cl)nc2)cc1OC. The van der Waals surface area contributed by atoms with Crippen molar-refractivity contribution in [1.29, 1.82) is 0 Å². The van der Waals surface area contributed by atoms with Gasteiger partial charge in [-0.25, -0.2) is 4.98 Å². The number of rotatable bonds is 8. The third-order valence-corrected chi connectivity index (χ3v) is 3.56. The zero-order valence-corrected chi connectivity index (χ0v) is 15.0. The number of halogens is 1. The van der Waals surface area contributed by atoms with Crippen molar-refractivity contribution in [3.63, 3.8) is 0 Å². The molecule has 25 heavy (non-hydrogen) atoms. The Balaban J connectivity index is 1.93. The largest absolute Gasteiger partial charge is 0.493 e. The fourth-order valence-corrected chi connectivity index (χ4v) is 2.16.